The van der Waals surface area contributed by atoms with Crippen LogP contribution in [0.15, 0.2) is 54.6 Å². The van der Waals surface area contributed by atoms with Gasteiger partial charge in [-0.25, -0.2) is 4.98 Å². The van der Waals surface area contributed by atoms with Crippen molar-refractivity contribution < 1.29 is 9.59 Å². The number of carbonyl (C=O) groups is 2. The maximum atomic E-state index is 12.7. The lowest BCUT2D eigenvalue weighted by molar-refractivity contribution is 0.0937. The van der Waals surface area contributed by atoms with Crippen molar-refractivity contribution in [3.8, 4) is 0 Å². The summed E-state index contributed by atoms with van der Waals surface area (Å²) in [7, 11) is 0. The summed E-state index contributed by atoms with van der Waals surface area (Å²) in [5, 5.41) is 6.91. The van der Waals surface area contributed by atoms with Gasteiger partial charge >= 0.3 is 0 Å². The second kappa shape index (κ2) is 9.22. The highest BCUT2D eigenvalue weighted by molar-refractivity contribution is 7.14. The molecule has 0 radical (unpaired) electrons. The molecule has 4 rings (SSSR count). The monoisotopic (exact) mass is 419 g/mol. The van der Waals surface area contributed by atoms with Gasteiger partial charge in [0.25, 0.3) is 11.8 Å². The van der Waals surface area contributed by atoms with E-state index in [2.05, 4.69) is 27.8 Å². The molecule has 2 amide bonds. The molecule has 154 valence electrons. The second-order valence-corrected chi connectivity index (χ2v) is 8.75. The summed E-state index contributed by atoms with van der Waals surface area (Å²) in [6.45, 7) is 1.86. The first-order chi connectivity index (χ1) is 14.6. The van der Waals surface area contributed by atoms with E-state index in [1.165, 1.54) is 29.7 Å². The molecule has 0 bridgehead atoms. The highest BCUT2D eigenvalue weighted by atomic mass is 32.1. The van der Waals surface area contributed by atoms with Crippen molar-refractivity contribution in [2.75, 3.05) is 5.32 Å². The van der Waals surface area contributed by atoms with Crippen molar-refractivity contribution >= 4 is 28.8 Å². The third kappa shape index (κ3) is 4.94. The maximum Gasteiger partial charge on any atom is 0.267 e. The smallest absolute Gasteiger partial charge is 0.267 e. The van der Waals surface area contributed by atoms with Crippen molar-refractivity contribution in [1.82, 2.24) is 10.3 Å². The molecule has 0 aliphatic heterocycles. The maximum absolute atomic E-state index is 12.7. The van der Waals surface area contributed by atoms with E-state index < -0.39 is 0 Å². The van der Waals surface area contributed by atoms with E-state index in [0.717, 1.165) is 23.5 Å². The van der Waals surface area contributed by atoms with Crippen LogP contribution in [0.1, 0.15) is 62.0 Å². The topological polar surface area (TPSA) is 71.1 Å². The largest absolute Gasteiger partial charge is 0.349 e. The molecule has 6 heteroatoms. The molecule has 3 aromatic rings. The van der Waals surface area contributed by atoms with Gasteiger partial charge in [-0.15, -0.1) is 11.3 Å². The van der Waals surface area contributed by atoms with Gasteiger partial charge in [0.05, 0.1) is 10.7 Å². The third-order valence-corrected chi connectivity index (χ3v) is 6.50. The van der Waals surface area contributed by atoms with E-state index in [4.69, 9.17) is 0 Å². The number of nitrogens with zero attached hydrogens (tertiary/aromatic N) is 1. The lowest BCUT2D eigenvalue weighted by atomic mass is 10.1. The molecule has 1 aliphatic carbocycles. The highest BCUT2D eigenvalue weighted by Crippen LogP contribution is 2.23. The highest BCUT2D eigenvalue weighted by Gasteiger charge is 2.19. The summed E-state index contributed by atoms with van der Waals surface area (Å²) in [6, 6.07) is 17.4. The molecule has 0 saturated heterocycles. The van der Waals surface area contributed by atoms with Crippen molar-refractivity contribution in [1.29, 1.82) is 0 Å². The zero-order valence-corrected chi connectivity index (χ0v) is 17.8. The number of anilines is 1. The van der Waals surface area contributed by atoms with Crippen molar-refractivity contribution in [3.63, 3.8) is 0 Å². The van der Waals surface area contributed by atoms with E-state index >= 15 is 0 Å². The lowest BCUT2D eigenvalue weighted by Gasteiger charge is -2.12. The molecule has 0 unspecified atom stereocenters. The summed E-state index contributed by atoms with van der Waals surface area (Å²) in [4.78, 5) is 30.3. The Kier molecular flexibility index (Phi) is 6.23. The van der Waals surface area contributed by atoms with Gasteiger partial charge in [0, 0.05) is 23.7 Å². The van der Waals surface area contributed by atoms with Crippen LogP contribution in [-0.4, -0.2) is 22.8 Å². The van der Waals surface area contributed by atoms with Crippen LogP contribution in [0.25, 0.3) is 0 Å². The number of nitrogens with one attached hydrogen (secondary N) is 2. The van der Waals surface area contributed by atoms with Gasteiger partial charge < -0.3 is 10.6 Å². The number of rotatable bonds is 6. The number of aromatic nitrogens is 1. The number of hydrogen-bond acceptors (Lipinski definition) is 4. The Morgan fingerprint density at radius 3 is 2.40 bits per heavy atom. The first-order valence-electron chi connectivity index (χ1n) is 10.3. The van der Waals surface area contributed by atoms with Crippen molar-refractivity contribution in [2.45, 2.75) is 45.1 Å². The van der Waals surface area contributed by atoms with E-state index in [0.29, 0.717) is 22.5 Å². The van der Waals surface area contributed by atoms with Gasteiger partial charge in [0.1, 0.15) is 4.88 Å². The van der Waals surface area contributed by atoms with Crippen LogP contribution >= 0.6 is 11.3 Å². The van der Waals surface area contributed by atoms with Gasteiger partial charge in [-0.05, 0) is 49.6 Å². The number of thiazole rings is 1. The molecular formula is C24H25N3O2S. The number of benzene rings is 2. The lowest BCUT2D eigenvalue weighted by Crippen LogP contribution is -2.32. The van der Waals surface area contributed by atoms with E-state index in [1.807, 2.05) is 25.1 Å². The fourth-order valence-corrected chi connectivity index (χ4v) is 4.73. The Morgan fingerprint density at radius 1 is 1.00 bits per heavy atom. The molecule has 0 spiro atoms. The fourth-order valence-electron chi connectivity index (χ4n) is 3.74. The molecular weight excluding hydrogens is 394 g/mol. The predicted octanol–water partition coefficient (Wildman–Crippen LogP) is 4.97. The van der Waals surface area contributed by atoms with Crippen LogP contribution in [0.3, 0.4) is 0 Å². The minimum Gasteiger partial charge on any atom is -0.349 e. The summed E-state index contributed by atoms with van der Waals surface area (Å²) >= 11 is 1.42. The first-order valence-corrected chi connectivity index (χ1v) is 11.1. The minimum atomic E-state index is -0.174. The van der Waals surface area contributed by atoms with Crippen LogP contribution in [0, 0.1) is 6.92 Å². The summed E-state index contributed by atoms with van der Waals surface area (Å²) in [6.07, 6.45) is 5.19. The standard InChI is InChI=1S/C24H25N3O2S/c1-16-22(30-21(25-16)15-17-7-3-2-4-8-17)24(29)27-20-13-11-18(12-14-20)23(28)26-19-9-5-6-10-19/h2-4,7-8,11-14,19H,5-6,9-10,15H2,1H3,(H,26,28)(H,27,29). The molecule has 1 saturated carbocycles. The van der Waals surface area contributed by atoms with Gasteiger partial charge in [-0.3, -0.25) is 9.59 Å². The Morgan fingerprint density at radius 2 is 1.70 bits per heavy atom. The number of amides is 2. The Hall–Kier alpha value is -2.99. The fraction of sp³-hybridized carbons (Fsp3) is 0.292. The third-order valence-electron chi connectivity index (χ3n) is 5.34. The van der Waals surface area contributed by atoms with Crippen LogP contribution in [0.2, 0.25) is 0 Å². The normalized spacial score (nSPS) is 13.9. The first kappa shape index (κ1) is 20.3. The average Bonchev–Trinajstić information content (AvgIpc) is 3.38. The molecule has 5 nitrogen and oxygen atoms in total. The van der Waals surface area contributed by atoms with Crippen LogP contribution in [-0.2, 0) is 6.42 Å². The zero-order valence-electron chi connectivity index (χ0n) is 17.0. The number of hydrogen-bond donors (Lipinski definition) is 2. The van der Waals surface area contributed by atoms with Crippen LogP contribution in [0.5, 0.6) is 0 Å². The molecule has 1 fully saturated rings. The van der Waals surface area contributed by atoms with Crippen LogP contribution < -0.4 is 10.6 Å². The summed E-state index contributed by atoms with van der Waals surface area (Å²) in [5.41, 5.74) is 3.18. The number of aryl methyl sites for hydroxylation is 1. The summed E-state index contributed by atoms with van der Waals surface area (Å²) < 4.78 is 0. The minimum absolute atomic E-state index is 0.0522. The van der Waals surface area contributed by atoms with E-state index in [1.54, 1.807) is 24.3 Å². The van der Waals surface area contributed by atoms with E-state index in [9.17, 15) is 9.59 Å². The quantitative estimate of drug-likeness (QED) is 0.593. The SMILES string of the molecule is Cc1nc(Cc2ccccc2)sc1C(=O)Nc1ccc(C(=O)NC2CCCC2)cc1. The molecule has 2 N–H and O–H groups in total. The molecule has 1 aromatic heterocycles. The van der Waals surface area contributed by atoms with Gasteiger partial charge in [-0.1, -0.05) is 43.2 Å². The zero-order chi connectivity index (χ0) is 20.9. The molecule has 1 heterocycles. The van der Waals surface area contributed by atoms with E-state index in [-0.39, 0.29) is 17.9 Å². The second-order valence-electron chi connectivity index (χ2n) is 7.67. The van der Waals surface area contributed by atoms with Crippen LogP contribution in [0.4, 0.5) is 5.69 Å². The molecule has 1 aliphatic rings. The Balaban J connectivity index is 1.38. The molecule has 2 aromatic carbocycles. The van der Waals surface area contributed by atoms with Gasteiger partial charge in [0.2, 0.25) is 0 Å². The Bertz CT molecular complexity index is 1020. The Labute approximate surface area is 180 Å². The predicted molar refractivity (Wildman–Crippen MR) is 120 cm³/mol. The average molecular weight is 420 g/mol. The van der Waals surface area contributed by atoms with Crippen molar-refractivity contribution in [2.24, 2.45) is 0 Å². The van der Waals surface area contributed by atoms with Gasteiger partial charge in [0.15, 0.2) is 0 Å². The number of carbonyl (C=O) groups excluding carboxylic acids is 2. The summed E-state index contributed by atoms with van der Waals surface area (Å²) in [5.74, 6) is -0.226. The molecule has 30 heavy (non-hydrogen) atoms. The van der Waals surface area contributed by atoms with Gasteiger partial charge in [-0.2, -0.15) is 0 Å². The molecule has 0 atom stereocenters. The van der Waals surface area contributed by atoms with Crippen molar-refractivity contribution in [3.05, 3.63) is 81.3 Å².